The van der Waals surface area contributed by atoms with Gasteiger partial charge in [-0.1, -0.05) is 48.5 Å². The summed E-state index contributed by atoms with van der Waals surface area (Å²) < 4.78 is 7.93. The summed E-state index contributed by atoms with van der Waals surface area (Å²) in [5.41, 5.74) is 5.03. The number of allylic oxidation sites excluding steroid dienone is 1. The monoisotopic (exact) mass is 342 g/mol. The largest absolute Gasteiger partial charge is 0.496 e. The van der Waals surface area contributed by atoms with Crippen LogP contribution in [0.2, 0.25) is 0 Å². The molecular weight excluding hydrogens is 318 g/mol. The van der Waals surface area contributed by atoms with E-state index in [0.717, 1.165) is 11.3 Å². The molecule has 0 amide bonds. The SMILES string of the molecule is COc1ccc2ccccc2c1/C=C/C1=[N+](C)c2ccccc2C1(C)C. The molecule has 3 aromatic carbocycles. The molecule has 0 unspecified atom stereocenters. The lowest BCUT2D eigenvalue weighted by Crippen LogP contribution is -2.26. The van der Waals surface area contributed by atoms with Crippen LogP contribution < -0.4 is 4.74 Å². The topological polar surface area (TPSA) is 12.2 Å². The van der Waals surface area contributed by atoms with Crippen LogP contribution in [0.15, 0.2) is 66.7 Å². The van der Waals surface area contributed by atoms with Gasteiger partial charge in [-0.2, -0.15) is 4.58 Å². The van der Waals surface area contributed by atoms with Gasteiger partial charge in [-0.05, 0) is 36.8 Å². The summed E-state index contributed by atoms with van der Waals surface area (Å²) in [4.78, 5) is 0. The summed E-state index contributed by atoms with van der Waals surface area (Å²) in [6.45, 7) is 4.57. The zero-order chi connectivity index (χ0) is 18.3. The summed E-state index contributed by atoms with van der Waals surface area (Å²) in [6, 6.07) is 21.2. The third kappa shape index (κ3) is 2.45. The number of methoxy groups -OCH3 is 1. The van der Waals surface area contributed by atoms with Gasteiger partial charge in [-0.25, -0.2) is 0 Å². The molecule has 0 saturated heterocycles. The normalized spacial score (nSPS) is 15.7. The van der Waals surface area contributed by atoms with Crippen molar-refractivity contribution in [3.05, 3.63) is 77.9 Å². The van der Waals surface area contributed by atoms with Gasteiger partial charge in [0.15, 0.2) is 5.71 Å². The van der Waals surface area contributed by atoms with E-state index in [2.05, 4.69) is 92.2 Å². The second kappa shape index (κ2) is 6.14. The highest BCUT2D eigenvalue weighted by molar-refractivity contribution is 6.07. The Labute approximate surface area is 155 Å². The molecule has 1 aliphatic heterocycles. The summed E-state index contributed by atoms with van der Waals surface area (Å²) in [5.74, 6) is 0.900. The second-order valence-corrected chi connectivity index (χ2v) is 7.32. The predicted molar refractivity (Wildman–Crippen MR) is 110 cm³/mol. The van der Waals surface area contributed by atoms with Gasteiger partial charge in [-0.3, -0.25) is 0 Å². The average Bonchev–Trinajstić information content (AvgIpc) is 2.86. The van der Waals surface area contributed by atoms with Gasteiger partial charge < -0.3 is 4.74 Å². The molecule has 0 bridgehead atoms. The molecule has 0 saturated carbocycles. The van der Waals surface area contributed by atoms with Crippen molar-refractivity contribution in [1.29, 1.82) is 0 Å². The van der Waals surface area contributed by atoms with Crippen LogP contribution in [0.5, 0.6) is 5.75 Å². The Kier molecular flexibility index (Phi) is 3.91. The standard InChI is InChI=1S/C24H24NO/c1-24(2)20-11-7-8-12-21(20)25(3)23(24)16-14-19-18-10-6-5-9-17(18)13-15-22(19)26-4/h5-16H,1-4H3/q+1/b16-14+. The van der Waals surface area contributed by atoms with Crippen molar-refractivity contribution >= 4 is 28.2 Å². The molecule has 0 aromatic heterocycles. The second-order valence-electron chi connectivity index (χ2n) is 7.32. The quantitative estimate of drug-likeness (QED) is 0.567. The van der Waals surface area contributed by atoms with E-state index in [4.69, 9.17) is 4.74 Å². The number of fused-ring (bicyclic) bond motifs is 2. The van der Waals surface area contributed by atoms with Crippen molar-refractivity contribution < 1.29 is 9.31 Å². The highest BCUT2D eigenvalue weighted by Gasteiger charge is 2.42. The van der Waals surface area contributed by atoms with Crippen LogP contribution in [0.4, 0.5) is 5.69 Å². The predicted octanol–water partition coefficient (Wildman–Crippen LogP) is 5.57. The van der Waals surface area contributed by atoms with Gasteiger partial charge in [-0.15, -0.1) is 0 Å². The first-order valence-electron chi connectivity index (χ1n) is 8.98. The number of benzene rings is 3. The summed E-state index contributed by atoms with van der Waals surface area (Å²) in [7, 11) is 3.88. The highest BCUT2D eigenvalue weighted by Crippen LogP contribution is 2.39. The van der Waals surface area contributed by atoms with Crippen molar-refractivity contribution in [1.82, 2.24) is 0 Å². The molecule has 2 heteroatoms. The number of ether oxygens (including phenoxy) is 1. The van der Waals surface area contributed by atoms with E-state index < -0.39 is 0 Å². The van der Waals surface area contributed by atoms with Crippen LogP contribution in [0.25, 0.3) is 16.8 Å². The number of hydrogen-bond donors (Lipinski definition) is 0. The van der Waals surface area contributed by atoms with Crippen molar-refractivity contribution in [2.24, 2.45) is 0 Å². The Morgan fingerprint density at radius 3 is 2.38 bits per heavy atom. The third-order valence-electron chi connectivity index (χ3n) is 5.50. The average molecular weight is 342 g/mol. The molecule has 1 heterocycles. The van der Waals surface area contributed by atoms with Gasteiger partial charge in [0.25, 0.3) is 0 Å². The number of rotatable bonds is 3. The van der Waals surface area contributed by atoms with Crippen LogP contribution in [-0.4, -0.2) is 24.4 Å². The minimum absolute atomic E-state index is 0.0281. The molecule has 0 radical (unpaired) electrons. The fourth-order valence-electron chi connectivity index (χ4n) is 4.09. The van der Waals surface area contributed by atoms with Gasteiger partial charge in [0.2, 0.25) is 5.69 Å². The smallest absolute Gasteiger partial charge is 0.209 e. The Bertz CT molecular complexity index is 1060. The van der Waals surface area contributed by atoms with Gasteiger partial charge in [0.05, 0.1) is 12.5 Å². The third-order valence-corrected chi connectivity index (χ3v) is 5.50. The lowest BCUT2D eigenvalue weighted by atomic mass is 9.81. The Morgan fingerprint density at radius 2 is 1.62 bits per heavy atom. The Hall–Kier alpha value is -2.87. The minimum atomic E-state index is -0.0281. The zero-order valence-electron chi connectivity index (χ0n) is 15.8. The fraction of sp³-hybridized carbons (Fsp3) is 0.208. The molecule has 0 fully saturated rings. The van der Waals surface area contributed by atoms with E-state index in [1.807, 2.05) is 6.07 Å². The molecule has 0 N–H and O–H groups in total. The first-order chi connectivity index (χ1) is 12.5. The molecule has 0 aliphatic carbocycles. The number of nitrogens with zero attached hydrogens (tertiary/aromatic N) is 1. The van der Waals surface area contributed by atoms with Crippen molar-refractivity contribution in [2.45, 2.75) is 19.3 Å². The zero-order valence-corrected chi connectivity index (χ0v) is 15.8. The van der Waals surface area contributed by atoms with E-state index >= 15 is 0 Å². The maximum Gasteiger partial charge on any atom is 0.209 e. The molecule has 3 aromatic rings. The van der Waals surface area contributed by atoms with Crippen molar-refractivity contribution in [3.8, 4) is 5.75 Å². The molecule has 1 aliphatic rings. The van der Waals surface area contributed by atoms with E-state index in [-0.39, 0.29) is 5.41 Å². The van der Waals surface area contributed by atoms with E-state index in [1.165, 1.54) is 27.7 Å². The minimum Gasteiger partial charge on any atom is -0.496 e. The lowest BCUT2D eigenvalue weighted by Gasteiger charge is -2.15. The van der Waals surface area contributed by atoms with Gasteiger partial charge in [0.1, 0.15) is 12.8 Å². The first kappa shape index (κ1) is 16.6. The molecule has 26 heavy (non-hydrogen) atoms. The maximum absolute atomic E-state index is 5.64. The van der Waals surface area contributed by atoms with Crippen LogP contribution in [0.1, 0.15) is 25.0 Å². The highest BCUT2D eigenvalue weighted by atomic mass is 16.5. The molecular formula is C24H24NO+. The molecule has 2 nitrogen and oxygen atoms in total. The number of hydrogen-bond acceptors (Lipinski definition) is 1. The van der Waals surface area contributed by atoms with E-state index in [1.54, 1.807) is 7.11 Å². The lowest BCUT2D eigenvalue weighted by molar-refractivity contribution is -0.401. The maximum atomic E-state index is 5.64. The number of para-hydroxylation sites is 1. The summed E-state index contributed by atoms with van der Waals surface area (Å²) in [5, 5.41) is 2.43. The van der Waals surface area contributed by atoms with E-state index in [9.17, 15) is 0 Å². The van der Waals surface area contributed by atoms with Crippen LogP contribution >= 0.6 is 0 Å². The summed E-state index contributed by atoms with van der Waals surface area (Å²) in [6.07, 6.45) is 4.44. The van der Waals surface area contributed by atoms with Crippen LogP contribution in [0.3, 0.4) is 0 Å². The van der Waals surface area contributed by atoms with Crippen molar-refractivity contribution in [3.63, 3.8) is 0 Å². The van der Waals surface area contributed by atoms with Crippen LogP contribution in [-0.2, 0) is 5.41 Å². The van der Waals surface area contributed by atoms with E-state index in [0.29, 0.717) is 0 Å². The molecule has 0 atom stereocenters. The first-order valence-corrected chi connectivity index (χ1v) is 8.98. The van der Waals surface area contributed by atoms with Crippen LogP contribution in [0, 0.1) is 0 Å². The molecule has 4 rings (SSSR count). The molecule has 130 valence electrons. The summed E-state index contributed by atoms with van der Waals surface area (Å²) >= 11 is 0. The van der Waals surface area contributed by atoms with Gasteiger partial charge in [0, 0.05) is 23.3 Å². The fourth-order valence-corrected chi connectivity index (χ4v) is 4.09. The Balaban J connectivity index is 1.85. The molecule has 0 spiro atoms. The Morgan fingerprint density at radius 1 is 0.885 bits per heavy atom. The van der Waals surface area contributed by atoms with Gasteiger partial charge >= 0.3 is 0 Å². The van der Waals surface area contributed by atoms with Crippen molar-refractivity contribution in [2.75, 3.05) is 14.2 Å².